The van der Waals surface area contributed by atoms with Crippen molar-refractivity contribution < 1.29 is 19.4 Å². The molecule has 1 unspecified atom stereocenters. The van der Waals surface area contributed by atoms with Crippen LogP contribution in [0.15, 0.2) is 48.7 Å². The van der Waals surface area contributed by atoms with Crippen molar-refractivity contribution in [2.75, 3.05) is 5.32 Å². The van der Waals surface area contributed by atoms with Crippen molar-refractivity contribution in [2.45, 2.75) is 26.8 Å². The van der Waals surface area contributed by atoms with E-state index in [9.17, 15) is 25.0 Å². The second-order valence-corrected chi connectivity index (χ2v) is 6.84. The molecule has 0 aliphatic rings. The number of hydrogen-bond donors (Lipinski definition) is 1. The molecule has 160 valence electrons. The quantitative estimate of drug-likeness (QED) is 0.439. The highest BCUT2D eigenvalue weighted by Gasteiger charge is 2.23. The van der Waals surface area contributed by atoms with Crippen molar-refractivity contribution in [1.29, 1.82) is 0 Å². The highest BCUT2D eigenvalue weighted by molar-refractivity contribution is 5.94. The Labute approximate surface area is 176 Å². The Morgan fingerprint density at radius 3 is 2.45 bits per heavy atom. The minimum Gasteiger partial charge on any atom is -0.457 e. The Bertz CT molecular complexity index is 1170. The third-order valence-corrected chi connectivity index (χ3v) is 4.55. The van der Waals surface area contributed by atoms with E-state index in [0.29, 0.717) is 5.75 Å². The molecule has 0 aliphatic carbocycles. The molecule has 0 saturated carbocycles. The van der Waals surface area contributed by atoms with Gasteiger partial charge in [-0.25, -0.2) is 0 Å². The molecule has 1 heterocycles. The second-order valence-electron chi connectivity index (χ2n) is 6.84. The summed E-state index contributed by atoms with van der Waals surface area (Å²) in [7, 11) is 0. The molecule has 0 spiro atoms. The van der Waals surface area contributed by atoms with Crippen LogP contribution in [0.2, 0.25) is 0 Å². The zero-order chi connectivity index (χ0) is 22.7. The van der Waals surface area contributed by atoms with Gasteiger partial charge in [-0.15, -0.1) is 0 Å². The van der Waals surface area contributed by atoms with Crippen LogP contribution in [0.1, 0.15) is 24.2 Å². The van der Waals surface area contributed by atoms with Crippen LogP contribution >= 0.6 is 0 Å². The molecule has 31 heavy (non-hydrogen) atoms. The number of nitro groups is 2. The van der Waals surface area contributed by atoms with Crippen LogP contribution in [0.25, 0.3) is 0 Å². The van der Waals surface area contributed by atoms with Crippen molar-refractivity contribution in [2.24, 2.45) is 0 Å². The monoisotopic (exact) mass is 425 g/mol. The van der Waals surface area contributed by atoms with Crippen LogP contribution in [0.5, 0.6) is 11.5 Å². The van der Waals surface area contributed by atoms with Crippen LogP contribution in [0.4, 0.5) is 17.1 Å². The molecule has 11 heteroatoms. The first kappa shape index (κ1) is 21.4. The summed E-state index contributed by atoms with van der Waals surface area (Å²) >= 11 is 0. The smallest absolute Gasteiger partial charge is 0.309 e. The summed E-state index contributed by atoms with van der Waals surface area (Å²) in [5.41, 5.74) is 0.689. The Kier molecular flexibility index (Phi) is 5.95. The normalized spacial score (nSPS) is 11.6. The van der Waals surface area contributed by atoms with Crippen molar-refractivity contribution in [1.82, 2.24) is 9.78 Å². The lowest BCUT2D eigenvalue weighted by Gasteiger charge is -2.14. The van der Waals surface area contributed by atoms with E-state index >= 15 is 0 Å². The highest BCUT2D eigenvalue weighted by Crippen LogP contribution is 2.31. The lowest BCUT2D eigenvalue weighted by Crippen LogP contribution is -2.24. The van der Waals surface area contributed by atoms with Crippen molar-refractivity contribution in [3.8, 4) is 11.5 Å². The van der Waals surface area contributed by atoms with E-state index < -0.39 is 21.8 Å². The number of nitrogens with zero attached hydrogens (tertiary/aromatic N) is 4. The number of aromatic nitrogens is 2. The topological polar surface area (TPSA) is 142 Å². The number of para-hydroxylation sites is 1. The molecule has 1 amide bonds. The minimum absolute atomic E-state index is 0.146. The van der Waals surface area contributed by atoms with E-state index in [1.54, 1.807) is 12.1 Å². The molecule has 0 radical (unpaired) electrons. The van der Waals surface area contributed by atoms with E-state index in [2.05, 4.69) is 10.4 Å². The Hall–Kier alpha value is -4.28. The SMILES string of the molecule is Cc1ccccc1Oc1cc(NC(=O)C(C)n2cc([N+](=O)[O-])c(C)n2)cc([N+](=O)[O-])c1. The number of amides is 1. The number of carbonyl (C=O) groups is 1. The number of non-ortho nitro benzene ring substituents is 1. The summed E-state index contributed by atoms with van der Waals surface area (Å²) < 4.78 is 6.94. The van der Waals surface area contributed by atoms with Gasteiger partial charge in [-0.2, -0.15) is 5.10 Å². The largest absolute Gasteiger partial charge is 0.457 e. The van der Waals surface area contributed by atoms with Gasteiger partial charge in [0.25, 0.3) is 5.69 Å². The maximum absolute atomic E-state index is 12.7. The van der Waals surface area contributed by atoms with Gasteiger partial charge in [0.05, 0.1) is 21.6 Å². The summed E-state index contributed by atoms with van der Waals surface area (Å²) in [6.07, 6.45) is 1.17. The van der Waals surface area contributed by atoms with E-state index in [1.807, 2.05) is 19.1 Å². The summed E-state index contributed by atoms with van der Waals surface area (Å²) in [6.45, 7) is 4.81. The van der Waals surface area contributed by atoms with Crippen LogP contribution in [0.3, 0.4) is 0 Å². The van der Waals surface area contributed by atoms with Gasteiger partial charge in [-0.1, -0.05) is 18.2 Å². The molecule has 11 nitrogen and oxygen atoms in total. The fraction of sp³-hybridized carbons (Fsp3) is 0.200. The number of rotatable bonds is 7. The maximum atomic E-state index is 12.7. The molecule has 0 fully saturated rings. The van der Waals surface area contributed by atoms with E-state index in [1.165, 1.54) is 42.9 Å². The lowest BCUT2D eigenvalue weighted by atomic mass is 10.2. The molecular weight excluding hydrogens is 406 g/mol. The second kappa shape index (κ2) is 8.61. The summed E-state index contributed by atoms with van der Waals surface area (Å²) in [5.74, 6) is 0.143. The molecule has 1 aromatic heterocycles. The molecule has 0 aliphatic heterocycles. The highest BCUT2D eigenvalue weighted by atomic mass is 16.6. The maximum Gasteiger partial charge on any atom is 0.309 e. The third-order valence-electron chi connectivity index (χ3n) is 4.55. The summed E-state index contributed by atoms with van der Waals surface area (Å²) in [5, 5.41) is 28.9. The van der Waals surface area contributed by atoms with Crippen LogP contribution in [0, 0.1) is 34.1 Å². The number of benzene rings is 2. The standard InChI is InChI=1S/C20H19N5O6/c1-12-6-4-5-7-19(12)31-17-9-15(8-16(10-17)24(27)28)21-20(26)14(3)23-11-18(25(29)30)13(2)22-23/h4-11,14H,1-3H3,(H,21,26). The summed E-state index contributed by atoms with van der Waals surface area (Å²) in [6, 6.07) is 10.2. The molecule has 1 N–H and O–H groups in total. The van der Waals surface area contributed by atoms with Gasteiger partial charge in [-0.05, 0) is 32.4 Å². The van der Waals surface area contributed by atoms with Crippen LogP contribution < -0.4 is 10.1 Å². The number of aryl methyl sites for hydroxylation is 2. The first-order chi connectivity index (χ1) is 14.7. The average molecular weight is 425 g/mol. The number of ether oxygens (including phenoxy) is 1. The van der Waals surface area contributed by atoms with Gasteiger partial charge in [0.15, 0.2) is 0 Å². The Morgan fingerprint density at radius 2 is 1.84 bits per heavy atom. The zero-order valence-electron chi connectivity index (χ0n) is 16.9. The van der Waals surface area contributed by atoms with Gasteiger partial charge in [0.1, 0.15) is 29.4 Å². The molecule has 0 saturated heterocycles. The summed E-state index contributed by atoms with van der Waals surface area (Å²) in [4.78, 5) is 33.8. The molecule has 2 aromatic carbocycles. The predicted molar refractivity (Wildman–Crippen MR) is 111 cm³/mol. The van der Waals surface area contributed by atoms with E-state index in [-0.39, 0.29) is 28.5 Å². The lowest BCUT2D eigenvalue weighted by molar-refractivity contribution is -0.385. The molecule has 1 atom stereocenters. The van der Waals surface area contributed by atoms with Gasteiger partial charge in [0.2, 0.25) is 5.91 Å². The molecule has 0 bridgehead atoms. The van der Waals surface area contributed by atoms with Gasteiger partial charge >= 0.3 is 5.69 Å². The first-order valence-electron chi connectivity index (χ1n) is 9.19. The predicted octanol–water partition coefficient (Wildman–Crippen LogP) is 4.31. The van der Waals surface area contributed by atoms with Gasteiger partial charge in [-0.3, -0.25) is 29.7 Å². The van der Waals surface area contributed by atoms with Crippen molar-refractivity contribution in [3.05, 3.63) is 80.1 Å². The number of anilines is 1. The number of hydrogen-bond acceptors (Lipinski definition) is 7. The van der Waals surface area contributed by atoms with E-state index in [0.717, 1.165) is 5.56 Å². The number of nitrogens with one attached hydrogen (secondary N) is 1. The average Bonchev–Trinajstić information content (AvgIpc) is 3.11. The first-order valence-corrected chi connectivity index (χ1v) is 9.19. The minimum atomic E-state index is -0.896. The van der Waals surface area contributed by atoms with Crippen molar-refractivity contribution >= 4 is 23.0 Å². The van der Waals surface area contributed by atoms with Gasteiger partial charge < -0.3 is 10.1 Å². The Balaban J connectivity index is 1.86. The van der Waals surface area contributed by atoms with Crippen LogP contribution in [-0.2, 0) is 4.79 Å². The van der Waals surface area contributed by atoms with Gasteiger partial charge in [0, 0.05) is 12.1 Å². The van der Waals surface area contributed by atoms with Crippen LogP contribution in [-0.4, -0.2) is 25.5 Å². The zero-order valence-corrected chi connectivity index (χ0v) is 16.9. The fourth-order valence-corrected chi connectivity index (χ4v) is 2.83. The molecule has 3 aromatic rings. The van der Waals surface area contributed by atoms with Crippen molar-refractivity contribution in [3.63, 3.8) is 0 Å². The van der Waals surface area contributed by atoms with E-state index in [4.69, 9.17) is 4.74 Å². The fourth-order valence-electron chi connectivity index (χ4n) is 2.83. The Morgan fingerprint density at radius 1 is 1.13 bits per heavy atom. The third kappa shape index (κ3) is 4.83. The number of carbonyl (C=O) groups excluding carboxylic acids is 1. The molecular formula is C20H19N5O6. The molecule has 3 rings (SSSR count). The number of nitro benzene ring substituents is 1.